The van der Waals surface area contributed by atoms with Crippen LogP contribution in [0.25, 0.3) is 16.3 Å². The molecule has 2 fully saturated rings. The summed E-state index contributed by atoms with van der Waals surface area (Å²) in [5, 5.41) is 24.8. The number of imide groups is 1. The number of nitrogens with zero attached hydrogens (tertiary/aromatic N) is 4. The minimum atomic E-state index is -0.672. The lowest BCUT2D eigenvalue weighted by Gasteiger charge is -2.19. The first kappa shape index (κ1) is 30.5. The Morgan fingerprint density at radius 2 is 1.89 bits per heavy atom. The number of nitriles is 1. The normalized spacial score (nSPS) is 18.2. The average molecular weight is 658 g/mol. The van der Waals surface area contributed by atoms with Gasteiger partial charge in [-0.1, -0.05) is 48.3 Å². The number of carbonyl (C=O) groups is 3. The van der Waals surface area contributed by atoms with E-state index in [0.717, 1.165) is 42.1 Å². The second-order valence-corrected chi connectivity index (χ2v) is 13.5. The molecule has 0 bridgehead atoms. The number of anilines is 2. The minimum Gasteiger partial charge on any atom is -0.321 e. The molecule has 1 aliphatic heterocycles. The first-order chi connectivity index (χ1) is 21.6. The van der Waals surface area contributed by atoms with E-state index in [2.05, 4.69) is 10.3 Å². The van der Waals surface area contributed by atoms with E-state index in [1.807, 2.05) is 6.07 Å². The first-order valence-electron chi connectivity index (χ1n) is 14.1. The fourth-order valence-corrected chi connectivity index (χ4v) is 8.00. The topological polar surface area (TPSA) is 146 Å². The minimum absolute atomic E-state index is 0.149. The average Bonchev–Trinajstić information content (AvgIpc) is 3.55. The number of rotatable bonds is 7. The molecule has 226 valence electrons. The van der Waals surface area contributed by atoms with Gasteiger partial charge in [0.2, 0.25) is 11.8 Å². The van der Waals surface area contributed by atoms with E-state index in [0.29, 0.717) is 42.3 Å². The van der Waals surface area contributed by atoms with Crippen LogP contribution in [0.5, 0.6) is 0 Å². The molecule has 10 nitrogen and oxygen atoms in total. The van der Waals surface area contributed by atoms with Crippen LogP contribution in [0.1, 0.15) is 36.8 Å². The molecular weight excluding hydrogens is 634 g/mol. The van der Waals surface area contributed by atoms with Gasteiger partial charge in [-0.2, -0.15) is 5.26 Å². The molecule has 2 aliphatic rings. The van der Waals surface area contributed by atoms with Crippen LogP contribution in [0.2, 0.25) is 5.02 Å². The number of fused-ring (bicyclic) bond motifs is 2. The van der Waals surface area contributed by atoms with Crippen molar-refractivity contribution in [3.63, 3.8) is 0 Å². The highest BCUT2D eigenvalue weighted by Gasteiger charge is 2.48. The maximum atomic E-state index is 13.1. The monoisotopic (exact) mass is 657 g/mol. The second-order valence-electron chi connectivity index (χ2n) is 10.8. The van der Waals surface area contributed by atoms with Crippen molar-refractivity contribution in [1.82, 2.24) is 4.98 Å². The van der Waals surface area contributed by atoms with Crippen molar-refractivity contribution < 1.29 is 19.3 Å². The number of amides is 3. The largest absolute Gasteiger partial charge is 0.321 e. The zero-order valence-electron chi connectivity index (χ0n) is 23.8. The van der Waals surface area contributed by atoms with E-state index in [1.54, 1.807) is 55.5 Å². The van der Waals surface area contributed by atoms with Crippen LogP contribution in [-0.2, 0) is 14.4 Å². The molecule has 3 aromatic carbocycles. The van der Waals surface area contributed by atoms with Gasteiger partial charge in [-0.25, -0.2) is 4.98 Å². The summed E-state index contributed by atoms with van der Waals surface area (Å²) in [4.78, 5) is 56.7. The number of aromatic nitrogens is 1. The maximum Gasteiger partial charge on any atom is 0.283 e. The number of hydrogen-bond acceptors (Lipinski definition) is 9. The van der Waals surface area contributed by atoms with E-state index in [9.17, 15) is 29.8 Å². The number of carbonyl (C=O) groups excluding carboxylic acids is 3. The number of nitro benzene ring substituents is 1. The van der Waals surface area contributed by atoms with Gasteiger partial charge in [0.05, 0.1) is 37.6 Å². The summed E-state index contributed by atoms with van der Waals surface area (Å²) in [6.07, 6.45) is 4.65. The molecule has 6 rings (SSSR count). The van der Waals surface area contributed by atoms with Crippen LogP contribution < -0.4 is 10.2 Å². The van der Waals surface area contributed by atoms with Crippen molar-refractivity contribution >= 4 is 85.8 Å². The van der Waals surface area contributed by atoms with E-state index in [-0.39, 0.29) is 34.9 Å². The molecule has 0 unspecified atom stereocenters. The van der Waals surface area contributed by atoms with Gasteiger partial charge in [-0.3, -0.25) is 29.4 Å². The standard InChI is InChI=1S/C32H24ClN5O5S2/c1-17-23(33)7-4-8-24(17)35-29(39)19(16-34)13-18-9-12-27(26(14-18)38(42)43)44-32-36-25-11-10-20(15-28(25)45-32)37-30(40)21-5-2-3-6-22(21)31(37)41/h4,7-15,21-22H,2-3,5-6H2,1H3,(H,35,39)/b19-13+/t21-,22+. The molecule has 1 aliphatic carbocycles. The summed E-state index contributed by atoms with van der Waals surface area (Å²) in [6.45, 7) is 1.73. The Kier molecular flexibility index (Phi) is 8.42. The predicted molar refractivity (Wildman–Crippen MR) is 173 cm³/mol. The smallest absolute Gasteiger partial charge is 0.283 e. The lowest BCUT2D eigenvalue weighted by atomic mass is 9.81. The molecule has 1 aromatic heterocycles. The van der Waals surface area contributed by atoms with Crippen LogP contribution in [-0.4, -0.2) is 27.6 Å². The number of benzene rings is 3. The quantitative estimate of drug-likeness (QED) is 0.0705. The lowest BCUT2D eigenvalue weighted by Crippen LogP contribution is -2.30. The van der Waals surface area contributed by atoms with E-state index < -0.39 is 10.8 Å². The second kappa shape index (κ2) is 12.4. The molecular formula is C32H24ClN5O5S2. The summed E-state index contributed by atoms with van der Waals surface area (Å²) in [5.41, 5.74) is 2.10. The van der Waals surface area contributed by atoms with Crippen LogP contribution in [0.4, 0.5) is 17.1 Å². The summed E-state index contributed by atoms with van der Waals surface area (Å²) in [6, 6.07) is 16.5. The van der Waals surface area contributed by atoms with E-state index in [1.165, 1.54) is 28.4 Å². The van der Waals surface area contributed by atoms with E-state index in [4.69, 9.17) is 11.6 Å². The SMILES string of the molecule is Cc1c(Cl)cccc1NC(=O)/C(C#N)=C/c1ccc(Sc2nc3ccc(N4C(=O)[C@H]5CCCC[C@H]5C4=O)cc3s2)c([N+](=O)[O-])c1. The Bertz CT molecular complexity index is 1960. The van der Waals surface area contributed by atoms with Crippen molar-refractivity contribution in [2.45, 2.75) is 41.8 Å². The highest BCUT2D eigenvalue weighted by atomic mass is 35.5. The highest BCUT2D eigenvalue weighted by Crippen LogP contribution is 2.43. The van der Waals surface area contributed by atoms with Crippen LogP contribution in [0.15, 0.2) is 69.4 Å². The van der Waals surface area contributed by atoms with Gasteiger partial charge in [-0.05, 0) is 73.4 Å². The zero-order chi connectivity index (χ0) is 31.8. The number of nitro groups is 1. The summed E-state index contributed by atoms with van der Waals surface area (Å²) in [7, 11) is 0. The summed E-state index contributed by atoms with van der Waals surface area (Å²) >= 11 is 8.53. The van der Waals surface area contributed by atoms with Crippen molar-refractivity contribution in [2.75, 3.05) is 10.2 Å². The molecule has 2 atom stereocenters. The summed E-state index contributed by atoms with van der Waals surface area (Å²) < 4.78 is 1.28. The number of hydrogen-bond donors (Lipinski definition) is 1. The fraction of sp³-hybridized carbons (Fsp3) is 0.219. The third-order valence-electron chi connectivity index (χ3n) is 8.02. The predicted octanol–water partition coefficient (Wildman–Crippen LogP) is 7.54. The summed E-state index contributed by atoms with van der Waals surface area (Å²) in [5.74, 6) is -1.47. The van der Waals surface area contributed by atoms with Crippen LogP contribution in [0.3, 0.4) is 0 Å². The van der Waals surface area contributed by atoms with Crippen molar-refractivity contribution in [3.8, 4) is 6.07 Å². The van der Waals surface area contributed by atoms with E-state index >= 15 is 0 Å². The third-order valence-corrected chi connectivity index (χ3v) is 10.6. The number of nitrogens with one attached hydrogen (secondary N) is 1. The van der Waals surface area contributed by atoms with Gasteiger partial charge >= 0.3 is 0 Å². The third kappa shape index (κ3) is 5.94. The van der Waals surface area contributed by atoms with Crippen LogP contribution in [0, 0.1) is 40.2 Å². The van der Waals surface area contributed by atoms with Gasteiger partial charge in [0, 0.05) is 16.8 Å². The Labute approximate surface area is 270 Å². The molecule has 1 saturated heterocycles. The van der Waals surface area contributed by atoms with Crippen molar-refractivity contribution in [1.29, 1.82) is 5.26 Å². The highest BCUT2D eigenvalue weighted by molar-refractivity contribution is 8.01. The molecule has 1 saturated carbocycles. The van der Waals surface area contributed by atoms with Crippen molar-refractivity contribution in [3.05, 3.63) is 86.4 Å². The fourth-order valence-electron chi connectivity index (χ4n) is 5.69. The molecule has 0 spiro atoms. The molecule has 45 heavy (non-hydrogen) atoms. The lowest BCUT2D eigenvalue weighted by molar-refractivity contribution is -0.387. The molecule has 2 heterocycles. The molecule has 3 amide bonds. The molecule has 13 heteroatoms. The first-order valence-corrected chi connectivity index (χ1v) is 16.1. The molecule has 4 aromatic rings. The number of thiazole rings is 1. The Hall–Kier alpha value is -4.57. The Morgan fingerprint density at radius 1 is 1.16 bits per heavy atom. The van der Waals surface area contributed by atoms with Gasteiger partial charge in [0.15, 0.2) is 4.34 Å². The Morgan fingerprint density at radius 3 is 2.58 bits per heavy atom. The maximum absolute atomic E-state index is 13.1. The van der Waals surface area contributed by atoms with Crippen LogP contribution >= 0.6 is 34.7 Å². The van der Waals surface area contributed by atoms with Gasteiger partial charge in [-0.15, -0.1) is 11.3 Å². The molecule has 1 N–H and O–H groups in total. The van der Waals surface area contributed by atoms with Gasteiger partial charge < -0.3 is 5.32 Å². The molecule has 0 radical (unpaired) electrons. The van der Waals surface area contributed by atoms with Crippen molar-refractivity contribution in [2.24, 2.45) is 11.8 Å². The van der Waals surface area contributed by atoms with Gasteiger partial charge in [0.1, 0.15) is 11.6 Å². The Balaban J connectivity index is 1.23. The van der Waals surface area contributed by atoms with Gasteiger partial charge in [0.25, 0.3) is 11.6 Å². The zero-order valence-corrected chi connectivity index (χ0v) is 26.2. The number of halogens is 1.